The van der Waals surface area contributed by atoms with Gasteiger partial charge in [-0.15, -0.1) is 0 Å². The molecule has 3 heterocycles. The number of hydrogen-bond acceptors (Lipinski definition) is 5. The number of imide groups is 1. The number of hydrogen-bond donors (Lipinski definition) is 0. The van der Waals surface area contributed by atoms with Crippen LogP contribution in [0.1, 0.15) is 50.4 Å². The van der Waals surface area contributed by atoms with Gasteiger partial charge in [0.2, 0.25) is 5.91 Å². The molecule has 3 aromatic rings. The van der Waals surface area contributed by atoms with Crippen LogP contribution < -0.4 is 4.90 Å². The van der Waals surface area contributed by atoms with Crippen LogP contribution in [0, 0.1) is 11.8 Å². The summed E-state index contributed by atoms with van der Waals surface area (Å²) in [5, 5.41) is 2.07. The Morgan fingerprint density at radius 2 is 1.94 bits per heavy atom. The highest BCUT2D eigenvalue weighted by molar-refractivity contribution is 6.30. The predicted molar refractivity (Wildman–Crippen MR) is 122 cm³/mol. The lowest BCUT2D eigenvalue weighted by molar-refractivity contribution is -0.120. The zero-order valence-corrected chi connectivity index (χ0v) is 18.7. The number of benzene rings is 1. The summed E-state index contributed by atoms with van der Waals surface area (Å²) in [5.74, 6) is 5.97. The molecule has 0 unspecified atom stereocenters. The van der Waals surface area contributed by atoms with Crippen LogP contribution in [0.15, 0.2) is 42.7 Å². The highest BCUT2D eigenvalue weighted by Gasteiger charge is 2.61. The van der Waals surface area contributed by atoms with Crippen molar-refractivity contribution in [3.8, 4) is 11.8 Å². The fourth-order valence-corrected chi connectivity index (χ4v) is 4.16. The number of rotatable bonds is 0. The van der Waals surface area contributed by atoms with Crippen molar-refractivity contribution in [2.75, 3.05) is 4.90 Å². The molecule has 1 fully saturated rings. The summed E-state index contributed by atoms with van der Waals surface area (Å²) < 4.78 is 5.50. The minimum absolute atomic E-state index is 0.218. The number of carbonyl (C=O) groups excluding carboxylic acids is 2. The summed E-state index contributed by atoms with van der Waals surface area (Å²) in [7, 11) is 0. The number of carbonyl (C=O) groups is 2. The van der Waals surface area contributed by atoms with E-state index in [2.05, 4.69) is 21.8 Å². The Balaban J connectivity index is 1.55. The lowest BCUT2D eigenvalue weighted by Gasteiger charge is -2.24. The Hall–Kier alpha value is -3.43. The van der Waals surface area contributed by atoms with Crippen molar-refractivity contribution >= 4 is 40.1 Å². The van der Waals surface area contributed by atoms with E-state index in [-0.39, 0.29) is 5.91 Å². The minimum Gasteiger partial charge on any atom is -0.443 e. The maximum atomic E-state index is 13.1. The van der Waals surface area contributed by atoms with Crippen LogP contribution in [-0.4, -0.2) is 27.6 Å². The number of aromatic nitrogens is 2. The third-order valence-electron chi connectivity index (χ3n) is 5.63. The molecule has 6 nitrogen and oxygen atoms in total. The standard InChI is InChI=1S/C25H20ClN3O3/c1-24(2,3)32-23(31)29-20-12-15(4-6-18(20)25(9-10-25)22(29)30)5-7-19-17-13-21(26)28-14-16(17)8-11-27-19/h4,6,8,11-14H,9-10H2,1-3H3. The van der Waals surface area contributed by atoms with Crippen molar-refractivity contribution in [2.24, 2.45) is 0 Å². The van der Waals surface area contributed by atoms with Gasteiger partial charge in [-0.3, -0.25) is 4.79 Å². The summed E-state index contributed by atoms with van der Waals surface area (Å²) in [4.78, 5) is 35.6. The van der Waals surface area contributed by atoms with Crippen LogP contribution in [0.2, 0.25) is 5.15 Å². The van der Waals surface area contributed by atoms with Gasteiger partial charge in [-0.05, 0) is 69.4 Å². The largest absolute Gasteiger partial charge is 0.443 e. The molecule has 2 amide bonds. The van der Waals surface area contributed by atoms with Crippen molar-refractivity contribution in [1.29, 1.82) is 0 Å². The first-order valence-corrected chi connectivity index (χ1v) is 10.7. The number of ether oxygens (including phenoxy) is 1. The Kier molecular flexibility index (Phi) is 4.51. The molecule has 0 bridgehead atoms. The molecular weight excluding hydrogens is 426 g/mol. The molecule has 1 saturated carbocycles. The number of halogens is 1. The second-order valence-corrected chi connectivity index (χ2v) is 9.46. The summed E-state index contributed by atoms with van der Waals surface area (Å²) in [6.07, 6.45) is 4.16. The molecule has 2 aromatic heterocycles. The van der Waals surface area contributed by atoms with Gasteiger partial charge in [0.05, 0.1) is 11.1 Å². The molecule has 160 valence electrons. The molecule has 32 heavy (non-hydrogen) atoms. The summed E-state index contributed by atoms with van der Waals surface area (Å²) in [6.45, 7) is 5.33. The normalized spacial score (nSPS) is 16.0. The molecule has 1 aromatic carbocycles. The maximum absolute atomic E-state index is 13.1. The Bertz CT molecular complexity index is 1360. The smallest absolute Gasteiger partial charge is 0.421 e. The molecule has 5 rings (SSSR count). The number of pyridine rings is 2. The topological polar surface area (TPSA) is 72.4 Å². The summed E-state index contributed by atoms with van der Waals surface area (Å²) in [5.41, 5.74) is 1.35. The van der Waals surface area contributed by atoms with Gasteiger partial charge in [0.25, 0.3) is 0 Å². The molecule has 1 aliphatic carbocycles. The van der Waals surface area contributed by atoms with Crippen molar-refractivity contribution in [3.63, 3.8) is 0 Å². The SMILES string of the molecule is CC(C)(C)OC(=O)N1C(=O)C2(CC2)c2ccc(C#Cc3nccc4cnc(Cl)cc34)cc21. The van der Waals surface area contributed by atoms with Crippen LogP contribution in [0.4, 0.5) is 10.5 Å². The van der Waals surface area contributed by atoms with Gasteiger partial charge < -0.3 is 4.74 Å². The Labute approximate surface area is 190 Å². The van der Waals surface area contributed by atoms with Crippen LogP contribution in [0.25, 0.3) is 10.8 Å². The molecule has 0 N–H and O–H groups in total. The van der Waals surface area contributed by atoms with Crippen LogP contribution in [-0.2, 0) is 14.9 Å². The highest BCUT2D eigenvalue weighted by Crippen LogP contribution is 2.57. The second-order valence-electron chi connectivity index (χ2n) is 9.07. The molecule has 7 heteroatoms. The van der Waals surface area contributed by atoms with Crippen LogP contribution in [0.3, 0.4) is 0 Å². The van der Waals surface area contributed by atoms with Crippen molar-refractivity contribution < 1.29 is 14.3 Å². The molecule has 0 saturated heterocycles. The number of nitrogens with zero attached hydrogens (tertiary/aromatic N) is 3. The van der Waals surface area contributed by atoms with Gasteiger partial charge in [0.15, 0.2) is 0 Å². The fourth-order valence-electron chi connectivity index (χ4n) is 4.01. The van der Waals surface area contributed by atoms with Crippen molar-refractivity contribution in [1.82, 2.24) is 9.97 Å². The van der Waals surface area contributed by atoms with E-state index in [0.717, 1.165) is 29.2 Å². The Morgan fingerprint density at radius 3 is 2.66 bits per heavy atom. The lowest BCUT2D eigenvalue weighted by atomic mass is 9.97. The predicted octanol–water partition coefficient (Wildman–Crippen LogP) is 5.00. The van der Waals surface area contributed by atoms with E-state index >= 15 is 0 Å². The molecule has 1 aliphatic heterocycles. The number of fused-ring (bicyclic) bond motifs is 3. The van der Waals surface area contributed by atoms with E-state index < -0.39 is 17.1 Å². The number of anilines is 1. The van der Waals surface area contributed by atoms with Gasteiger partial charge in [-0.1, -0.05) is 23.6 Å². The van der Waals surface area contributed by atoms with Gasteiger partial charge in [-0.2, -0.15) is 0 Å². The van der Waals surface area contributed by atoms with Crippen molar-refractivity contribution in [2.45, 2.75) is 44.6 Å². The van der Waals surface area contributed by atoms with Crippen LogP contribution >= 0.6 is 11.6 Å². The quantitative estimate of drug-likeness (QED) is 0.360. The zero-order valence-electron chi connectivity index (χ0n) is 17.9. The lowest BCUT2D eigenvalue weighted by Crippen LogP contribution is -2.41. The molecular formula is C25H20ClN3O3. The fraction of sp³-hybridized carbons (Fsp3) is 0.280. The third kappa shape index (κ3) is 3.39. The molecule has 1 spiro atoms. The highest BCUT2D eigenvalue weighted by atomic mass is 35.5. The van der Waals surface area contributed by atoms with E-state index in [1.54, 1.807) is 45.3 Å². The monoisotopic (exact) mass is 445 g/mol. The average Bonchev–Trinajstić information content (AvgIpc) is 3.48. The maximum Gasteiger partial charge on any atom is 0.421 e. The van der Waals surface area contributed by atoms with Crippen LogP contribution in [0.5, 0.6) is 0 Å². The van der Waals surface area contributed by atoms with Gasteiger partial charge in [-0.25, -0.2) is 19.7 Å². The van der Waals surface area contributed by atoms with E-state index in [1.165, 1.54) is 4.90 Å². The first-order valence-electron chi connectivity index (χ1n) is 10.3. The summed E-state index contributed by atoms with van der Waals surface area (Å²) in [6, 6.07) is 9.12. The first-order chi connectivity index (χ1) is 15.2. The van der Waals surface area contributed by atoms with E-state index in [1.807, 2.05) is 18.2 Å². The Morgan fingerprint density at radius 1 is 1.16 bits per heavy atom. The van der Waals surface area contributed by atoms with Gasteiger partial charge in [0, 0.05) is 28.7 Å². The second kappa shape index (κ2) is 7.04. The molecule has 0 radical (unpaired) electrons. The van der Waals surface area contributed by atoms with Gasteiger partial charge in [0.1, 0.15) is 16.4 Å². The van der Waals surface area contributed by atoms with E-state index in [0.29, 0.717) is 22.1 Å². The molecule has 2 aliphatic rings. The third-order valence-corrected chi connectivity index (χ3v) is 5.84. The first kappa shape index (κ1) is 20.5. The zero-order chi connectivity index (χ0) is 22.7. The van der Waals surface area contributed by atoms with Crippen molar-refractivity contribution in [3.05, 3.63) is 64.7 Å². The average molecular weight is 446 g/mol. The van der Waals surface area contributed by atoms with E-state index in [4.69, 9.17) is 16.3 Å². The minimum atomic E-state index is -0.704. The summed E-state index contributed by atoms with van der Waals surface area (Å²) >= 11 is 6.04. The molecule has 0 atom stereocenters. The number of amides is 2. The van der Waals surface area contributed by atoms with E-state index in [9.17, 15) is 9.59 Å². The van der Waals surface area contributed by atoms with Gasteiger partial charge >= 0.3 is 6.09 Å².